The van der Waals surface area contributed by atoms with Gasteiger partial charge in [-0.15, -0.1) is 11.3 Å². The van der Waals surface area contributed by atoms with Crippen molar-refractivity contribution in [1.29, 1.82) is 0 Å². The molecule has 0 spiro atoms. The molecule has 176 valence electrons. The molecular weight excluding hydrogens is 436 g/mol. The fourth-order valence-corrected chi connectivity index (χ4v) is 5.44. The molecule has 1 aromatic heterocycles. The van der Waals surface area contributed by atoms with Gasteiger partial charge < -0.3 is 14.5 Å². The van der Waals surface area contributed by atoms with Crippen LogP contribution in [0.3, 0.4) is 0 Å². The summed E-state index contributed by atoms with van der Waals surface area (Å²) in [4.78, 5) is 43.2. The van der Waals surface area contributed by atoms with Gasteiger partial charge in [0.15, 0.2) is 0 Å². The number of esters is 1. The summed E-state index contributed by atoms with van der Waals surface area (Å²) in [6.07, 6.45) is 3.14. The van der Waals surface area contributed by atoms with Crippen molar-refractivity contribution in [1.82, 2.24) is 9.80 Å². The zero-order chi connectivity index (χ0) is 23.4. The maximum atomic E-state index is 13.6. The molecule has 2 aromatic rings. The van der Waals surface area contributed by atoms with Crippen molar-refractivity contribution in [2.24, 2.45) is 5.92 Å². The van der Waals surface area contributed by atoms with E-state index in [2.05, 4.69) is 30.5 Å². The second kappa shape index (κ2) is 10.5. The Balaban J connectivity index is 1.52. The summed E-state index contributed by atoms with van der Waals surface area (Å²) in [6.45, 7) is 5.41. The summed E-state index contributed by atoms with van der Waals surface area (Å²) >= 11 is 1.75. The van der Waals surface area contributed by atoms with Gasteiger partial charge >= 0.3 is 5.97 Å². The lowest BCUT2D eigenvalue weighted by atomic mass is 9.90. The molecule has 1 unspecified atom stereocenters. The molecule has 1 aliphatic heterocycles. The van der Waals surface area contributed by atoms with E-state index in [-0.39, 0.29) is 43.2 Å². The molecule has 7 heteroatoms. The van der Waals surface area contributed by atoms with Gasteiger partial charge in [-0.2, -0.15) is 0 Å². The Kier molecular flexibility index (Phi) is 7.48. The summed E-state index contributed by atoms with van der Waals surface area (Å²) in [6, 6.07) is 10.2. The van der Waals surface area contributed by atoms with Crippen LogP contribution >= 0.6 is 11.3 Å². The van der Waals surface area contributed by atoms with E-state index in [1.165, 1.54) is 10.4 Å². The van der Waals surface area contributed by atoms with Crippen molar-refractivity contribution >= 4 is 29.1 Å². The van der Waals surface area contributed by atoms with E-state index in [4.69, 9.17) is 4.74 Å². The molecule has 2 heterocycles. The zero-order valence-electron chi connectivity index (χ0n) is 19.4. The number of aryl methyl sites for hydroxylation is 1. The third-order valence-corrected chi connectivity index (χ3v) is 7.47. The molecule has 1 aliphatic carbocycles. The van der Waals surface area contributed by atoms with Gasteiger partial charge in [0.25, 0.3) is 0 Å². The van der Waals surface area contributed by atoms with E-state index in [9.17, 15) is 14.4 Å². The van der Waals surface area contributed by atoms with Crippen LogP contribution in [-0.4, -0.2) is 53.8 Å². The first-order chi connectivity index (χ1) is 16.0. The van der Waals surface area contributed by atoms with Gasteiger partial charge in [-0.05, 0) is 67.2 Å². The molecule has 2 aliphatic rings. The van der Waals surface area contributed by atoms with Gasteiger partial charge in [-0.25, -0.2) is 0 Å². The van der Waals surface area contributed by atoms with Gasteiger partial charge in [0.2, 0.25) is 11.8 Å². The van der Waals surface area contributed by atoms with Gasteiger partial charge in [0.1, 0.15) is 0 Å². The molecule has 1 saturated carbocycles. The maximum absolute atomic E-state index is 13.6. The van der Waals surface area contributed by atoms with Gasteiger partial charge in [-0.3, -0.25) is 14.4 Å². The second-order valence-electron chi connectivity index (χ2n) is 8.92. The van der Waals surface area contributed by atoms with Gasteiger partial charge in [-0.1, -0.05) is 24.3 Å². The van der Waals surface area contributed by atoms with Crippen LogP contribution in [0.2, 0.25) is 0 Å². The van der Waals surface area contributed by atoms with Crippen LogP contribution in [0.4, 0.5) is 0 Å². The Morgan fingerprint density at radius 1 is 1.12 bits per heavy atom. The van der Waals surface area contributed by atoms with Crippen molar-refractivity contribution in [3.8, 4) is 0 Å². The number of carbonyl (C=O) groups excluding carboxylic acids is 3. The highest BCUT2D eigenvalue weighted by Gasteiger charge is 2.35. The number of nitrogens with zero attached hydrogens (tertiary/aromatic N) is 2. The molecule has 0 saturated heterocycles. The van der Waals surface area contributed by atoms with Crippen LogP contribution in [0.5, 0.6) is 0 Å². The minimum Gasteiger partial charge on any atom is -0.466 e. The number of hydrogen-bond acceptors (Lipinski definition) is 5. The van der Waals surface area contributed by atoms with E-state index in [0.717, 1.165) is 30.4 Å². The number of carbonyl (C=O) groups is 3. The minimum atomic E-state index is -0.371. The second-order valence-corrected chi connectivity index (χ2v) is 9.92. The molecule has 1 aromatic carbocycles. The molecule has 6 nitrogen and oxygen atoms in total. The number of ether oxygens (including phenoxy) is 1. The largest absolute Gasteiger partial charge is 0.466 e. The molecule has 0 N–H and O–H groups in total. The Morgan fingerprint density at radius 2 is 1.91 bits per heavy atom. The lowest BCUT2D eigenvalue weighted by Crippen LogP contribution is -2.47. The first-order valence-electron chi connectivity index (χ1n) is 11.8. The molecule has 1 atom stereocenters. The Labute approximate surface area is 199 Å². The third kappa shape index (κ3) is 5.64. The van der Waals surface area contributed by atoms with Crippen molar-refractivity contribution in [2.75, 3.05) is 26.2 Å². The van der Waals surface area contributed by atoms with Crippen molar-refractivity contribution < 1.29 is 19.1 Å². The summed E-state index contributed by atoms with van der Waals surface area (Å²) < 4.78 is 4.96. The van der Waals surface area contributed by atoms with Crippen LogP contribution in [0.25, 0.3) is 0 Å². The van der Waals surface area contributed by atoms with E-state index >= 15 is 0 Å². The highest BCUT2D eigenvalue weighted by molar-refractivity contribution is 7.10. The summed E-state index contributed by atoms with van der Waals surface area (Å²) in [5, 5.41) is 2.10. The average Bonchev–Trinajstić information content (AvgIpc) is 3.49. The van der Waals surface area contributed by atoms with Crippen molar-refractivity contribution in [3.05, 3.63) is 57.3 Å². The summed E-state index contributed by atoms with van der Waals surface area (Å²) in [5.41, 5.74) is 3.48. The zero-order valence-corrected chi connectivity index (χ0v) is 20.2. The van der Waals surface area contributed by atoms with E-state index in [0.29, 0.717) is 25.6 Å². The van der Waals surface area contributed by atoms with Crippen LogP contribution in [0.15, 0.2) is 35.7 Å². The normalized spacial score (nSPS) is 17.4. The Bertz CT molecular complexity index is 1010. The quantitative estimate of drug-likeness (QED) is 0.520. The highest BCUT2D eigenvalue weighted by atomic mass is 32.1. The fourth-order valence-electron chi connectivity index (χ4n) is 4.54. The number of amides is 2. The summed E-state index contributed by atoms with van der Waals surface area (Å²) in [5.74, 6) is -0.0975. The molecule has 0 bridgehead atoms. The number of hydrogen-bond donors (Lipinski definition) is 0. The minimum absolute atomic E-state index is 0.0368. The molecule has 33 heavy (non-hydrogen) atoms. The van der Waals surface area contributed by atoms with Gasteiger partial charge in [0, 0.05) is 24.4 Å². The van der Waals surface area contributed by atoms with Crippen LogP contribution in [0.1, 0.15) is 60.2 Å². The Morgan fingerprint density at radius 3 is 2.64 bits per heavy atom. The standard InChI is InChI=1S/C26H32N2O4S/c1-3-32-25(31)11-10-23(29)27(16-19-8-9-19)17-24(30)28-14-12-22-21(13-15-33-22)26(28)20-7-5-4-6-18(20)2/h4-7,13,15,19,26H,3,8-12,14,16-17H2,1-2H3. The fraction of sp³-hybridized carbons (Fsp3) is 0.500. The first-order valence-corrected chi connectivity index (χ1v) is 12.7. The smallest absolute Gasteiger partial charge is 0.306 e. The number of fused-ring (bicyclic) bond motifs is 1. The third-order valence-electron chi connectivity index (χ3n) is 6.47. The SMILES string of the molecule is CCOC(=O)CCC(=O)N(CC(=O)N1CCc2sccc2C1c1ccccc1C)CC1CC1. The predicted molar refractivity (Wildman–Crippen MR) is 128 cm³/mol. The number of rotatable bonds is 9. The maximum Gasteiger partial charge on any atom is 0.306 e. The summed E-state index contributed by atoms with van der Waals surface area (Å²) in [7, 11) is 0. The highest BCUT2D eigenvalue weighted by Crippen LogP contribution is 2.39. The topological polar surface area (TPSA) is 66.9 Å². The molecule has 2 amide bonds. The Hall–Kier alpha value is -2.67. The van der Waals surface area contributed by atoms with Crippen LogP contribution in [-0.2, 0) is 25.5 Å². The average molecular weight is 469 g/mol. The van der Waals surface area contributed by atoms with Crippen LogP contribution < -0.4 is 0 Å². The molecular formula is C26H32N2O4S. The predicted octanol–water partition coefficient (Wildman–Crippen LogP) is 4.11. The number of thiophene rings is 1. The lowest BCUT2D eigenvalue weighted by Gasteiger charge is -2.38. The first kappa shape index (κ1) is 23.5. The van der Waals surface area contributed by atoms with Gasteiger partial charge in [0.05, 0.1) is 25.6 Å². The molecule has 1 fully saturated rings. The van der Waals surface area contributed by atoms with E-state index in [1.54, 1.807) is 23.2 Å². The van der Waals surface area contributed by atoms with Crippen molar-refractivity contribution in [3.63, 3.8) is 0 Å². The van der Waals surface area contributed by atoms with Crippen molar-refractivity contribution in [2.45, 2.75) is 52.0 Å². The lowest BCUT2D eigenvalue weighted by molar-refractivity contribution is -0.146. The van der Waals surface area contributed by atoms with Crippen LogP contribution in [0, 0.1) is 12.8 Å². The molecule has 0 radical (unpaired) electrons. The van der Waals surface area contributed by atoms with E-state index < -0.39 is 0 Å². The monoisotopic (exact) mass is 468 g/mol. The number of benzene rings is 1. The van der Waals surface area contributed by atoms with E-state index in [1.807, 2.05) is 17.0 Å². The molecule has 4 rings (SSSR count).